The Labute approximate surface area is 161 Å². The van der Waals surface area contributed by atoms with Crippen LogP contribution in [0.2, 0.25) is 0 Å². The summed E-state index contributed by atoms with van der Waals surface area (Å²) in [5, 5.41) is 2.91. The van der Waals surface area contributed by atoms with Crippen molar-refractivity contribution in [3.8, 4) is 0 Å². The molecule has 1 fully saturated rings. The second kappa shape index (κ2) is 9.33. The number of hydrogen-bond acceptors (Lipinski definition) is 3. The second-order valence-corrected chi connectivity index (χ2v) is 7.09. The SMILES string of the molecule is C[C@@H](CC(=O)N1CCN(Cc2ccccc2)CC1)NC(=O)c1ccccc1. The van der Waals surface area contributed by atoms with Crippen LogP contribution in [-0.4, -0.2) is 53.8 Å². The molecule has 1 atom stereocenters. The fourth-order valence-corrected chi connectivity index (χ4v) is 3.34. The van der Waals surface area contributed by atoms with E-state index in [2.05, 4.69) is 34.5 Å². The first kappa shape index (κ1) is 19.1. The molecule has 2 amide bonds. The summed E-state index contributed by atoms with van der Waals surface area (Å²) in [7, 11) is 0. The van der Waals surface area contributed by atoms with Gasteiger partial charge in [-0.05, 0) is 24.6 Å². The molecule has 1 aliphatic rings. The smallest absolute Gasteiger partial charge is 0.251 e. The third-order valence-corrected chi connectivity index (χ3v) is 4.87. The van der Waals surface area contributed by atoms with E-state index in [4.69, 9.17) is 0 Å². The molecule has 2 aromatic carbocycles. The predicted octanol–water partition coefficient (Wildman–Crippen LogP) is 2.54. The number of amides is 2. The Morgan fingerprint density at radius 1 is 0.926 bits per heavy atom. The number of carbonyl (C=O) groups excluding carboxylic acids is 2. The van der Waals surface area contributed by atoms with Crippen LogP contribution in [0.5, 0.6) is 0 Å². The average Bonchev–Trinajstić information content (AvgIpc) is 2.70. The molecular formula is C22H27N3O2. The van der Waals surface area contributed by atoms with E-state index in [-0.39, 0.29) is 17.9 Å². The first-order chi connectivity index (χ1) is 13.1. The van der Waals surface area contributed by atoms with Crippen molar-refractivity contribution in [1.29, 1.82) is 0 Å². The molecule has 0 radical (unpaired) electrons. The first-order valence-electron chi connectivity index (χ1n) is 9.52. The summed E-state index contributed by atoms with van der Waals surface area (Å²) in [6, 6.07) is 19.3. The summed E-state index contributed by atoms with van der Waals surface area (Å²) in [6.45, 7) is 6.05. The van der Waals surface area contributed by atoms with Crippen LogP contribution in [0.15, 0.2) is 60.7 Å². The summed E-state index contributed by atoms with van der Waals surface area (Å²) >= 11 is 0. The van der Waals surface area contributed by atoms with Crippen LogP contribution in [0.1, 0.15) is 29.3 Å². The molecule has 5 heteroatoms. The Bertz CT molecular complexity index is 741. The molecule has 142 valence electrons. The molecule has 1 saturated heterocycles. The Hall–Kier alpha value is -2.66. The molecule has 1 heterocycles. The lowest BCUT2D eigenvalue weighted by Gasteiger charge is -2.35. The zero-order chi connectivity index (χ0) is 19.1. The number of carbonyl (C=O) groups is 2. The van der Waals surface area contributed by atoms with Crippen molar-refractivity contribution in [2.45, 2.75) is 25.9 Å². The third-order valence-electron chi connectivity index (χ3n) is 4.87. The van der Waals surface area contributed by atoms with Gasteiger partial charge in [-0.25, -0.2) is 0 Å². The van der Waals surface area contributed by atoms with E-state index < -0.39 is 0 Å². The van der Waals surface area contributed by atoms with Crippen LogP contribution in [0.3, 0.4) is 0 Å². The summed E-state index contributed by atoms with van der Waals surface area (Å²) in [5.41, 5.74) is 1.92. The highest BCUT2D eigenvalue weighted by molar-refractivity contribution is 5.94. The highest BCUT2D eigenvalue weighted by atomic mass is 16.2. The van der Waals surface area contributed by atoms with Crippen LogP contribution in [0, 0.1) is 0 Å². The van der Waals surface area contributed by atoms with E-state index in [1.54, 1.807) is 12.1 Å². The standard InChI is InChI=1S/C22H27N3O2/c1-18(23-22(27)20-10-6-3-7-11-20)16-21(26)25-14-12-24(13-15-25)17-19-8-4-2-5-9-19/h2-11,18H,12-17H2,1H3,(H,23,27)/t18-/m0/s1. The van der Waals surface area contributed by atoms with E-state index in [0.29, 0.717) is 12.0 Å². The molecule has 0 spiro atoms. The number of hydrogen-bond donors (Lipinski definition) is 1. The molecule has 27 heavy (non-hydrogen) atoms. The third kappa shape index (κ3) is 5.66. The van der Waals surface area contributed by atoms with Crippen molar-refractivity contribution in [1.82, 2.24) is 15.1 Å². The number of nitrogens with zero attached hydrogens (tertiary/aromatic N) is 2. The van der Waals surface area contributed by atoms with E-state index >= 15 is 0 Å². The fourth-order valence-electron chi connectivity index (χ4n) is 3.34. The molecule has 1 N–H and O–H groups in total. The maximum absolute atomic E-state index is 12.5. The second-order valence-electron chi connectivity index (χ2n) is 7.09. The lowest BCUT2D eigenvalue weighted by atomic mass is 10.1. The largest absolute Gasteiger partial charge is 0.349 e. The minimum Gasteiger partial charge on any atom is -0.349 e. The summed E-state index contributed by atoms with van der Waals surface area (Å²) in [4.78, 5) is 29.0. The molecule has 0 aromatic heterocycles. The van der Waals surface area contributed by atoms with Crippen LogP contribution < -0.4 is 5.32 Å². The van der Waals surface area contributed by atoms with Crippen molar-refractivity contribution >= 4 is 11.8 Å². The molecule has 0 bridgehead atoms. The van der Waals surface area contributed by atoms with Gasteiger partial charge in [-0.3, -0.25) is 14.5 Å². The van der Waals surface area contributed by atoms with Crippen LogP contribution >= 0.6 is 0 Å². The fraction of sp³-hybridized carbons (Fsp3) is 0.364. The van der Waals surface area contributed by atoms with Gasteiger partial charge in [0.15, 0.2) is 0 Å². The number of rotatable bonds is 6. The lowest BCUT2D eigenvalue weighted by Crippen LogP contribution is -2.49. The Balaban J connectivity index is 1.42. The van der Waals surface area contributed by atoms with Crippen LogP contribution in [-0.2, 0) is 11.3 Å². The monoisotopic (exact) mass is 365 g/mol. The zero-order valence-corrected chi connectivity index (χ0v) is 15.8. The molecule has 1 aliphatic heterocycles. The average molecular weight is 365 g/mol. The normalized spacial score (nSPS) is 16.0. The van der Waals surface area contributed by atoms with E-state index in [1.165, 1.54) is 5.56 Å². The van der Waals surface area contributed by atoms with Gasteiger partial charge in [0.05, 0.1) is 0 Å². The number of piperazine rings is 1. The lowest BCUT2D eigenvalue weighted by molar-refractivity contribution is -0.133. The molecule has 2 aromatic rings. The van der Waals surface area contributed by atoms with Crippen molar-refractivity contribution in [3.05, 3.63) is 71.8 Å². The predicted molar refractivity (Wildman–Crippen MR) is 106 cm³/mol. The molecule has 0 unspecified atom stereocenters. The molecule has 0 saturated carbocycles. The Kier molecular flexibility index (Phi) is 6.60. The van der Waals surface area contributed by atoms with Crippen LogP contribution in [0.25, 0.3) is 0 Å². The summed E-state index contributed by atoms with van der Waals surface area (Å²) in [6.07, 6.45) is 0.331. The highest BCUT2D eigenvalue weighted by Gasteiger charge is 2.23. The quantitative estimate of drug-likeness (QED) is 0.856. The Morgan fingerprint density at radius 2 is 1.52 bits per heavy atom. The highest BCUT2D eigenvalue weighted by Crippen LogP contribution is 2.10. The minimum absolute atomic E-state index is 0.107. The van der Waals surface area contributed by atoms with Gasteiger partial charge in [-0.1, -0.05) is 48.5 Å². The Morgan fingerprint density at radius 3 is 2.15 bits per heavy atom. The van der Waals surface area contributed by atoms with Gasteiger partial charge < -0.3 is 10.2 Å². The maximum Gasteiger partial charge on any atom is 0.251 e. The van der Waals surface area contributed by atoms with Crippen molar-refractivity contribution < 1.29 is 9.59 Å². The topological polar surface area (TPSA) is 52.7 Å². The van der Waals surface area contributed by atoms with Gasteiger partial charge in [-0.2, -0.15) is 0 Å². The van der Waals surface area contributed by atoms with Crippen molar-refractivity contribution in [2.24, 2.45) is 0 Å². The summed E-state index contributed by atoms with van der Waals surface area (Å²) in [5.74, 6) is -0.0289. The minimum atomic E-state index is -0.187. The molecule has 3 rings (SSSR count). The van der Waals surface area contributed by atoms with Crippen molar-refractivity contribution in [2.75, 3.05) is 26.2 Å². The number of benzene rings is 2. The van der Waals surface area contributed by atoms with Gasteiger partial charge in [0.25, 0.3) is 5.91 Å². The molecular weight excluding hydrogens is 338 g/mol. The molecule has 0 aliphatic carbocycles. The summed E-state index contributed by atoms with van der Waals surface area (Å²) < 4.78 is 0. The first-order valence-corrected chi connectivity index (χ1v) is 9.52. The van der Waals surface area contributed by atoms with Gasteiger partial charge >= 0.3 is 0 Å². The van der Waals surface area contributed by atoms with E-state index in [0.717, 1.165) is 32.7 Å². The van der Waals surface area contributed by atoms with Gasteiger partial charge in [-0.15, -0.1) is 0 Å². The van der Waals surface area contributed by atoms with E-state index in [9.17, 15) is 9.59 Å². The van der Waals surface area contributed by atoms with Crippen molar-refractivity contribution in [3.63, 3.8) is 0 Å². The van der Waals surface area contributed by atoms with Gasteiger partial charge in [0.2, 0.25) is 5.91 Å². The van der Waals surface area contributed by atoms with Crippen LogP contribution in [0.4, 0.5) is 0 Å². The van der Waals surface area contributed by atoms with Gasteiger partial charge in [0, 0.05) is 50.7 Å². The van der Waals surface area contributed by atoms with Gasteiger partial charge in [0.1, 0.15) is 0 Å². The number of nitrogens with one attached hydrogen (secondary N) is 1. The maximum atomic E-state index is 12.5. The molecule has 5 nitrogen and oxygen atoms in total. The zero-order valence-electron chi connectivity index (χ0n) is 15.8. The van der Waals surface area contributed by atoms with E-state index in [1.807, 2.05) is 36.1 Å².